The molecule has 0 aliphatic heterocycles. The summed E-state index contributed by atoms with van der Waals surface area (Å²) in [5.74, 6) is -1.34. The first kappa shape index (κ1) is 15.6. The quantitative estimate of drug-likeness (QED) is 0.798. The molecule has 1 aliphatic rings. The van der Waals surface area contributed by atoms with Crippen LogP contribution in [0.5, 0.6) is 5.75 Å². The SMILES string of the molecule is O=C(NCC1(C(=O)O)CCCCC1)c1ccc(O)c(Cl)c1. The number of nitrogens with one attached hydrogen (secondary N) is 1. The van der Waals surface area contributed by atoms with Crippen LogP contribution in [0.2, 0.25) is 5.02 Å². The van der Waals surface area contributed by atoms with Crippen LogP contribution >= 0.6 is 11.6 Å². The minimum absolute atomic E-state index is 0.0910. The van der Waals surface area contributed by atoms with Crippen LogP contribution in [-0.4, -0.2) is 28.6 Å². The van der Waals surface area contributed by atoms with E-state index in [-0.39, 0.29) is 23.2 Å². The third kappa shape index (κ3) is 3.47. The molecule has 1 aromatic carbocycles. The summed E-state index contributed by atoms with van der Waals surface area (Å²) in [6.45, 7) is 0.111. The fourth-order valence-electron chi connectivity index (χ4n) is 2.69. The van der Waals surface area contributed by atoms with Crippen molar-refractivity contribution < 1.29 is 19.8 Å². The number of carboxylic acids is 1. The smallest absolute Gasteiger partial charge is 0.311 e. The minimum atomic E-state index is -0.866. The number of halogens is 1. The lowest BCUT2D eigenvalue weighted by Crippen LogP contribution is -2.44. The second-order valence-corrected chi connectivity index (χ2v) is 5.90. The van der Waals surface area contributed by atoms with Gasteiger partial charge in [-0.15, -0.1) is 0 Å². The number of hydrogen-bond acceptors (Lipinski definition) is 3. The highest BCUT2D eigenvalue weighted by Crippen LogP contribution is 2.36. The molecule has 1 saturated carbocycles. The summed E-state index contributed by atoms with van der Waals surface area (Å²) in [6, 6.07) is 4.15. The van der Waals surface area contributed by atoms with Crippen LogP contribution in [0.4, 0.5) is 0 Å². The fraction of sp³-hybridized carbons (Fsp3) is 0.467. The Morgan fingerprint density at radius 3 is 2.48 bits per heavy atom. The number of hydrogen-bond donors (Lipinski definition) is 3. The molecule has 114 valence electrons. The van der Waals surface area contributed by atoms with Crippen molar-refractivity contribution in [2.75, 3.05) is 6.54 Å². The van der Waals surface area contributed by atoms with E-state index in [1.165, 1.54) is 18.2 Å². The van der Waals surface area contributed by atoms with Gasteiger partial charge in [0, 0.05) is 12.1 Å². The van der Waals surface area contributed by atoms with Crippen molar-refractivity contribution in [1.29, 1.82) is 0 Å². The first-order chi connectivity index (χ1) is 9.94. The lowest BCUT2D eigenvalue weighted by atomic mass is 9.74. The van der Waals surface area contributed by atoms with Crippen molar-refractivity contribution in [3.05, 3.63) is 28.8 Å². The third-order valence-electron chi connectivity index (χ3n) is 4.06. The molecule has 5 nitrogen and oxygen atoms in total. The highest BCUT2D eigenvalue weighted by Gasteiger charge is 2.39. The number of carboxylic acid groups (broad SMARTS) is 1. The van der Waals surface area contributed by atoms with E-state index in [0.717, 1.165) is 19.3 Å². The average molecular weight is 312 g/mol. The number of amides is 1. The van der Waals surface area contributed by atoms with Gasteiger partial charge in [-0.05, 0) is 31.0 Å². The predicted octanol–water partition coefficient (Wildman–Crippen LogP) is 2.81. The molecule has 1 aromatic rings. The van der Waals surface area contributed by atoms with Gasteiger partial charge in [-0.2, -0.15) is 0 Å². The van der Waals surface area contributed by atoms with Crippen molar-refractivity contribution >= 4 is 23.5 Å². The zero-order valence-electron chi connectivity index (χ0n) is 11.6. The summed E-state index contributed by atoms with van der Waals surface area (Å²) in [6.07, 6.45) is 3.94. The first-order valence-corrected chi connectivity index (χ1v) is 7.32. The van der Waals surface area contributed by atoms with Gasteiger partial charge < -0.3 is 15.5 Å². The summed E-state index contributed by atoms with van der Waals surface area (Å²) >= 11 is 5.76. The van der Waals surface area contributed by atoms with Crippen LogP contribution < -0.4 is 5.32 Å². The van der Waals surface area contributed by atoms with Crippen LogP contribution in [-0.2, 0) is 4.79 Å². The lowest BCUT2D eigenvalue weighted by molar-refractivity contribution is -0.150. The molecule has 1 aliphatic carbocycles. The summed E-state index contributed by atoms with van der Waals surface area (Å²) < 4.78 is 0. The summed E-state index contributed by atoms with van der Waals surface area (Å²) in [5, 5.41) is 21.5. The van der Waals surface area contributed by atoms with Crippen LogP contribution in [0.1, 0.15) is 42.5 Å². The number of phenolic OH excluding ortho intramolecular Hbond substituents is 1. The van der Waals surface area contributed by atoms with Gasteiger partial charge in [0.05, 0.1) is 10.4 Å². The van der Waals surface area contributed by atoms with E-state index in [2.05, 4.69) is 5.32 Å². The molecule has 1 amide bonds. The van der Waals surface area contributed by atoms with Gasteiger partial charge in [-0.1, -0.05) is 30.9 Å². The van der Waals surface area contributed by atoms with Gasteiger partial charge >= 0.3 is 5.97 Å². The molecular weight excluding hydrogens is 294 g/mol. The van der Waals surface area contributed by atoms with Gasteiger partial charge in [-0.25, -0.2) is 0 Å². The summed E-state index contributed by atoms with van der Waals surface area (Å²) in [5.41, 5.74) is -0.566. The molecule has 0 aromatic heterocycles. The van der Waals surface area contributed by atoms with Gasteiger partial charge in [0.2, 0.25) is 0 Å². The van der Waals surface area contributed by atoms with Gasteiger partial charge in [-0.3, -0.25) is 9.59 Å². The second kappa shape index (κ2) is 6.35. The van der Waals surface area contributed by atoms with E-state index in [9.17, 15) is 19.8 Å². The van der Waals surface area contributed by atoms with Gasteiger partial charge in [0.25, 0.3) is 5.91 Å². The predicted molar refractivity (Wildman–Crippen MR) is 78.6 cm³/mol. The highest BCUT2D eigenvalue weighted by molar-refractivity contribution is 6.32. The molecule has 3 N–H and O–H groups in total. The maximum atomic E-state index is 12.1. The Bertz CT molecular complexity index is 553. The van der Waals surface area contributed by atoms with Crippen molar-refractivity contribution in [1.82, 2.24) is 5.32 Å². The van der Waals surface area contributed by atoms with Crippen LogP contribution in [0.3, 0.4) is 0 Å². The largest absolute Gasteiger partial charge is 0.506 e. The van der Waals surface area contributed by atoms with Crippen molar-refractivity contribution in [3.8, 4) is 5.75 Å². The van der Waals surface area contributed by atoms with Crippen molar-refractivity contribution in [3.63, 3.8) is 0 Å². The minimum Gasteiger partial charge on any atom is -0.506 e. The highest BCUT2D eigenvalue weighted by atomic mass is 35.5. The molecule has 21 heavy (non-hydrogen) atoms. The standard InChI is InChI=1S/C15H18ClNO4/c16-11-8-10(4-5-12(11)18)13(19)17-9-15(14(20)21)6-2-1-3-7-15/h4-5,8,18H,1-3,6-7,9H2,(H,17,19)(H,20,21). The maximum absolute atomic E-state index is 12.1. The molecule has 6 heteroatoms. The lowest BCUT2D eigenvalue weighted by Gasteiger charge is -2.33. The number of carbonyl (C=O) groups excluding carboxylic acids is 1. The number of benzene rings is 1. The molecule has 0 spiro atoms. The molecular formula is C15H18ClNO4. The number of aromatic hydroxyl groups is 1. The van der Waals surface area contributed by atoms with E-state index < -0.39 is 11.4 Å². The van der Waals surface area contributed by atoms with E-state index in [4.69, 9.17) is 11.6 Å². The number of carbonyl (C=O) groups is 2. The summed E-state index contributed by atoms with van der Waals surface area (Å²) in [7, 11) is 0. The molecule has 0 bridgehead atoms. The normalized spacial score (nSPS) is 17.2. The second-order valence-electron chi connectivity index (χ2n) is 5.50. The molecule has 0 atom stereocenters. The van der Waals surface area contributed by atoms with Gasteiger partial charge in [0.15, 0.2) is 0 Å². The molecule has 0 heterocycles. The zero-order chi connectivity index (χ0) is 15.5. The zero-order valence-corrected chi connectivity index (χ0v) is 12.3. The average Bonchev–Trinajstić information content (AvgIpc) is 2.48. The maximum Gasteiger partial charge on any atom is 0.311 e. The van der Waals surface area contributed by atoms with Crippen LogP contribution in [0, 0.1) is 5.41 Å². The molecule has 1 fully saturated rings. The molecule has 2 rings (SSSR count). The Morgan fingerprint density at radius 2 is 1.90 bits per heavy atom. The Hall–Kier alpha value is -1.75. The van der Waals surface area contributed by atoms with Crippen molar-refractivity contribution in [2.45, 2.75) is 32.1 Å². The number of phenols is 1. The van der Waals surface area contributed by atoms with Gasteiger partial charge in [0.1, 0.15) is 5.75 Å². The molecule has 0 saturated heterocycles. The fourth-order valence-corrected chi connectivity index (χ4v) is 2.88. The van der Waals surface area contributed by atoms with E-state index in [1.807, 2.05) is 0 Å². The van der Waals surface area contributed by atoms with E-state index in [1.54, 1.807) is 0 Å². The Kier molecular flexibility index (Phi) is 4.73. The molecule has 0 radical (unpaired) electrons. The van der Waals surface area contributed by atoms with E-state index in [0.29, 0.717) is 18.4 Å². The van der Waals surface area contributed by atoms with Crippen LogP contribution in [0.15, 0.2) is 18.2 Å². The Balaban J connectivity index is 2.05. The Labute approximate surface area is 127 Å². The van der Waals surface area contributed by atoms with Crippen LogP contribution in [0.25, 0.3) is 0 Å². The Morgan fingerprint density at radius 1 is 1.24 bits per heavy atom. The monoisotopic (exact) mass is 311 g/mol. The third-order valence-corrected chi connectivity index (χ3v) is 4.36. The number of rotatable bonds is 4. The van der Waals surface area contributed by atoms with E-state index >= 15 is 0 Å². The summed E-state index contributed by atoms with van der Waals surface area (Å²) in [4.78, 5) is 23.6. The van der Waals surface area contributed by atoms with Crippen molar-refractivity contribution in [2.24, 2.45) is 5.41 Å². The molecule has 0 unspecified atom stereocenters. The number of aliphatic carboxylic acids is 1. The first-order valence-electron chi connectivity index (χ1n) is 6.95. The topological polar surface area (TPSA) is 86.6 Å².